The molecular weight excluding hydrogens is 128 g/mol. The molecule has 0 atom stereocenters. The van der Waals surface area contributed by atoms with Crippen molar-refractivity contribution < 1.29 is 9.59 Å². The van der Waals surface area contributed by atoms with Crippen LogP contribution in [0, 0.1) is 5.41 Å². The standard InChI is InChI=1S/C8H6O2/c9-6-1-3-8(4-2-6)5-7(8)10/h1-4H,5H2. The number of hydrogen-bond acceptors (Lipinski definition) is 2. The number of carbonyl (C=O) groups excluding carboxylic acids is 2. The summed E-state index contributed by atoms with van der Waals surface area (Å²) >= 11 is 0. The van der Waals surface area contributed by atoms with Crippen molar-refractivity contribution in [3.8, 4) is 0 Å². The third-order valence-electron chi connectivity index (χ3n) is 1.94. The van der Waals surface area contributed by atoms with Crippen LogP contribution in [0.2, 0.25) is 0 Å². The van der Waals surface area contributed by atoms with Gasteiger partial charge in [0.15, 0.2) is 5.78 Å². The second-order valence-electron chi connectivity index (χ2n) is 2.71. The molecular formula is C8H6O2. The summed E-state index contributed by atoms with van der Waals surface area (Å²) in [7, 11) is 0. The van der Waals surface area contributed by atoms with E-state index in [1.807, 2.05) is 0 Å². The highest BCUT2D eigenvalue weighted by Gasteiger charge is 2.50. The Kier molecular flexibility index (Phi) is 0.813. The smallest absolute Gasteiger partial charge is 0.178 e. The number of Topliss-reactive ketones (excluding diaryl/α,β-unsaturated/α-hetero) is 1. The van der Waals surface area contributed by atoms with Gasteiger partial charge in [0, 0.05) is 6.42 Å². The van der Waals surface area contributed by atoms with Gasteiger partial charge in [0.1, 0.15) is 5.78 Å². The second kappa shape index (κ2) is 1.45. The fourth-order valence-corrected chi connectivity index (χ4v) is 1.10. The monoisotopic (exact) mass is 134 g/mol. The summed E-state index contributed by atoms with van der Waals surface area (Å²) in [5.41, 5.74) is -0.353. The van der Waals surface area contributed by atoms with E-state index < -0.39 is 0 Å². The summed E-state index contributed by atoms with van der Waals surface area (Å²) in [6.45, 7) is 0. The van der Waals surface area contributed by atoms with E-state index in [0.29, 0.717) is 6.42 Å². The van der Waals surface area contributed by atoms with Gasteiger partial charge in [0.2, 0.25) is 0 Å². The SMILES string of the molecule is O=C1C=CC2(C=C1)CC2=O. The van der Waals surface area contributed by atoms with Crippen LogP contribution in [0.1, 0.15) is 6.42 Å². The molecule has 0 saturated heterocycles. The Hall–Kier alpha value is -1.18. The average Bonchev–Trinajstić information content (AvgIpc) is 2.53. The predicted molar refractivity (Wildman–Crippen MR) is 35.3 cm³/mol. The van der Waals surface area contributed by atoms with Crippen molar-refractivity contribution in [1.29, 1.82) is 0 Å². The Labute approximate surface area is 58.2 Å². The topological polar surface area (TPSA) is 34.1 Å². The number of allylic oxidation sites excluding steroid dienone is 4. The van der Waals surface area contributed by atoms with Crippen molar-refractivity contribution in [2.45, 2.75) is 6.42 Å². The highest BCUT2D eigenvalue weighted by Crippen LogP contribution is 2.45. The van der Waals surface area contributed by atoms with E-state index in [4.69, 9.17) is 0 Å². The molecule has 50 valence electrons. The minimum Gasteiger partial charge on any atom is -0.298 e. The van der Waals surface area contributed by atoms with E-state index in [1.54, 1.807) is 12.2 Å². The molecule has 0 bridgehead atoms. The van der Waals surface area contributed by atoms with E-state index in [9.17, 15) is 9.59 Å². The average molecular weight is 134 g/mol. The van der Waals surface area contributed by atoms with Crippen molar-refractivity contribution in [2.24, 2.45) is 5.41 Å². The molecule has 0 unspecified atom stereocenters. The van der Waals surface area contributed by atoms with Gasteiger partial charge in [-0.25, -0.2) is 0 Å². The largest absolute Gasteiger partial charge is 0.298 e. The van der Waals surface area contributed by atoms with Gasteiger partial charge in [-0.05, 0) is 12.2 Å². The highest BCUT2D eigenvalue weighted by molar-refractivity contribution is 6.10. The molecule has 0 aromatic carbocycles. The lowest BCUT2D eigenvalue weighted by molar-refractivity contribution is -0.111. The summed E-state index contributed by atoms with van der Waals surface area (Å²) in [6.07, 6.45) is 6.89. The Morgan fingerprint density at radius 2 is 1.70 bits per heavy atom. The Morgan fingerprint density at radius 1 is 1.20 bits per heavy atom. The summed E-state index contributed by atoms with van der Waals surface area (Å²) in [4.78, 5) is 21.4. The third kappa shape index (κ3) is 0.588. The van der Waals surface area contributed by atoms with Crippen LogP contribution >= 0.6 is 0 Å². The van der Waals surface area contributed by atoms with Crippen molar-refractivity contribution >= 4 is 11.6 Å². The number of rotatable bonds is 0. The molecule has 1 saturated carbocycles. The van der Waals surface area contributed by atoms with Crippen LogP contribution in [0.4, 0.5) is 0 Å². The second-order valence-corrected chi connectivity index (χ2v) is 2.71. The summed E-state index contributed by atoms with van der Waals surface area (Å²) in [5, 5.41) is 0. The molecule has 0 aromatic heterocycles. The van der Waals surface area contributed by atoms with Gasteiger partial charge in [-0.3, -0.25) is 9.59 Å². The molecule has 2 aliphatic carbocycles. The Morgan fingerprint density at radius 3 is 2.10 bits per heavy atom. The van der Waals surface area contributed by atoms with Gasteiger partial charge in [-0.1, -0.05) is 12.2 Å². The summed E-state index contributed by atoms with van der Waals surface area (Å²) in [6, 6.07) is 0. The minimum atomic E-state index is -0.353. The quantitative estimate of drug-likeness (QED) is 0.487. The van der Waals surface area contributed by atoms with E-state index in [-0.39, 0.29) is 17.0 Å². The normalized spacial score (nSPS) is 26.0. The van der Waals surface area contributed by atoms with Crippen LogP contribution in [0.5, 0.6) is 0 Å². The summed E-state index contributed by atoms with van der Waals surface area (Å²) in [5.74, 6) is 0.192. The molecule has 1 spiro atoms. The molecule has 10 heavy (non-hydrogen) atoms. The van der Waals surface area contributed by atoms with E-state index in [2.05, 4.69) is 0 Å². The van der Waals surface area contributed by atoms with Crippen LogP contribution in [-0.2, 0) is 9.59 Å². The molecule has 0 N–H and O–H groups in total. The number of ketones is 2. The van der Waals surface area contributed by atoms with Crippen molar-refractivity contribution in [2.75, 3.05) is 0 Å². The van der Waals surface area contributed by atoms with Crippen LogP contribution in [0.15, 0.2) is 24.3 Å². The maximum absolute atomic E-state index is 10.8. The lowest BCUT2D eigenvalue weighted by atomic mass is 10.0. The maximum Gasteiger partial charge on any atom is 0.178 e. The van der Waals surface area contributed by atoms with E-state index in [1.165, 1.54) is 12.2 Å². The third-order valence-corrected chi connectivity index (χ3v) is 1.94. The lowest BCUT2D eigenvalue weighted by Crippen LogP contribution is -2.02. The van der Waals surface area contributed by atoms with Crippen molar-refractivity contribution in [3.05, 3.63) is 24.3 Å². The van der Waals surface area contributed by atoms with Crippen LogP contribution in [0.3, 0.4) is 0 Å². The van der Waals surface area contributed by atoms with Crippen LogP contribution in [-0.4, -0.2) is 11.6 Å². The molecule has 0 radical (unpaired) electrons. The molecule has 0 heterocycles. The van der Waals surface area contributed by atoms with Crippen molar-refractivity contribution in [1.82, 2.24) is 0 Å². The zero-order valence-corrected chi connectivity index (χ0v) is 5.33. The van der Waals surface area contributed by atoms with E-state index in [0.717, 1.165) is 0 Å². The molecule has 2 aliphatic rings. The Balaban J connectivity index is 2.33. The molecule has 2 heteroatoms. The van der Waals surface area contributed by atoms with E-state index >= 15 is 0 Å². The zero-order valence-electron chi connectivity index (χ0n) is 5.33. The first kappa shape index (κ1) is 5.59. The maximum atomic E-state index is 10.8. The fraction of sp³-hybridized carbons (Fsp3) is 0.250. The molecule has 0 amide bonds. The molecule has 2 rings (SSSR count). The fourth-order valence-electron chi connectivity index (χ4n) is 1.10. The molecule has 0 aliphatic heterocycles. The Bertz CT molecular complexity index is 255. The first-order valence-electron chi connectivity index (χ1n) is 3.19. The van der Waals surface area contributed by atoms with Crippen molar-refractivity contribution in [3.63, 3.8) is 0 Å². The first-order chi connectivity index (χ1) is 4.73. The zero-order chi connectivity index (χ0) is 7.19. The summed E-state index contributed by atoms with van der Waals surface area (Å²) < 4.78 is 0. The minimum absolute atomic E-state index is 0.0228. The number of carbonyl (C=O) groups is 2. The number of hydrogen-bond donors (Lipinski definition) is 0. The molecule has 0 aromatic rings. The van der Waals surface area contributed by atoms with Gasteiger partial charge in [-0.15, -0.1) is 0 Å². The van der Waals surface area contributed by atoms with Crippen LogP contribution in [0.25, 0.3) is 0 Å². The van der Waals surface area contributed by atoms with Gasteiger partial charge in [0.25, 0.3) is 0 Å². The van der Waals surface area contributed by atoms with Gasteiger partial charge >= 0.3 is 0 Å². The predicted octanol–water partition coefficient (Wildman–Crippen LogP) is 0.641. The van der Waals surface area contributed by atoms with Gasteiger partial charge in [0.05, 0.1) is 5.41 Å². The molecule has 2 nitrogen and oxygen atoms in total. The lowest BCUT2D eigenvalue weighted by Gasteiger charge is -2.01. The van der Waals surface area contributed by atoms with Gasteiger partial charge < -0.3 is 0 Å². The van der Waals surface area contributed by atoms with Gasteiger partial charge in [-0.2, -0.15) is 0 Å². The highest BCUT2D eigenvalue weighted by atomic mass is 16.1. The van der Waals surface area contributed by atoms with Crippen LogP contribution < -0.4 is 0 Å². The molecule has 1 fully saturated rings. The first-order valence-corrected chi connectivity index (χ1v) is 3.19.